The van der Waals surface area contributed by atoms with Crippen LogP contribution in [0.1, 0.15) is 11.1 Å². The predicted molar refractivity (Wildman–Crippen MR) is 63.6 cm³/mol. The third-order valence-corrected chi connectivity index (χ3v) is 2.55. The van der Waals surface area contributed by atoms with Gasteiger partial charge in [-0.1, -0.05) is 36.4 Å². The van der Waals surface area contributed by atoms with Gasteiger partial charge in [0.25, 0.3) is 0 Å². The molecule has 0 atom stereocenters. The summed E-state index contributed by atoms with van der Waals surface area (Å²) in [6.07, 6.45) is 0.979. The summed E-state index contributed by atoms with van der Waals surface area (Å²) in [6, 6.07) is 16.4. The van der Waals surface area contributed by atoms with Crippen LogP contribution in [-0.2, 0) is 10.2 Å². The minimum Gasteiger partial charge on any atom is -0.457 e. The van der Waals surface area contributed by atoms with Crippen LogP contribution in [0.5, 0.6) is 11.5 Å². The number of hydrogen-bond donors (Lipinski definition) is 0. The molecule has 0 saturated carbocycles. The van der Waals surface area contributed by atoms with E-state index in [2.05, 4.69) is 24.3 Å². The van der Waals surface area contributed by atoms with E-state index in [1.54, 1.807) is 0 Å². The van der Waals surface area contributed by atoms with Crippen LogP contribution in [-0.4, -0.2) is 16.2 Å². The first-order valence-electron chi connectivity index (χ1n) is 5.06. The Morgan fingerprint density at radius 2 is 1.25 bits per heavy atom. The number of rotatable bonds is 0. The molecule has 0 saturated heterocycles. The van der Waals surface area contributed by atoms with Crippen LogP contribution in [0.15, 0.2) is 48.5 Å². The quantitative estimate of drug-likeness (QED) is 0.551. The normalized spacial score (nSPS) is 11.2. The maximum atomic E-state index is 8.28. The molecule has 0 aromatic heterocycles. The molecule has 0 spiro atoms. The fraction of sp³-hybridized carbons (Fsp3) is 0.0769. The molecule has 3 rings (SSSR count). The first-order chi connectivity index (χ1) is 7.93. The summed E-state index contributed by atoms with van der Waals surface area (Å²) in [4.78, 5) is 0. The minimum atomic E-state index is 0.611. The zero-order valence-corrected chi connectivity index (χ0v) is 10.3. The summed E-state index contributed by atoms with van der Waals surface area (Å²) in [5, 5.41) is 0. The van der Waals surface area contributed by atoms with Crippen molar-refractivity contribution in [2.75, 3.05) is 0 Å². The van der Waals surface area contributed by atoms with Crippen LogP contribution in [0, 0.1) is 0 Å². The number of para-hydroxylation sites is 2. The Labute approximate surface area is 103 Å². The van der Waals surface area contributed by atoms with Gasteiger partial charge < -0.3 is 4.74 Å². The monoisotopic (exact) mass is 226 g/mol. The zero-order valence-electron chi connectivity index (χ0n) is 8.85. The van der Waals surface area contributed by atoms with E-state index in [0.717, 1.165) is 17.9 Å². The molecule has 16 heavy (non-hydrogen) atoms. The van der Waals surface area contributed by atoms with Crippen LogP contribution < -0.4 is 4.74 Å². The van der Waals surface area contributed by atoms with Gasteiger partial charge >= 0.3 is 20.0 Å². The van der Waals surface area contributed by atoms with Gasteiger partial charge in [-0.25, -0.2) is 0 Å². The number of benzene rings is 2. The van der Waals surface area contributed by atoms with Gasteiger partial charge in [0.2, 0.25) is 0 Å². The van der Waals surface area contributed by atoms with Gasteiger partial charge in [-0.3, -0.25) is 0 Å². The van der Waals surface area contributed by atoms with E-state index >= 15 is 0 Å². The Morgan fingerprint density at radius 3 is 1.75 bits per heavy atom. The van der Waals surface area contributed by atoms with E-state index in [4.69, 9.17) is 8.54 Å². The third-order valence-electron chi connectivity index (χ3n) is 2.55. The molecule has 0 amide bonds. The second kappa shape index (κ2) is 5.07. The minimum absolute atomic E-state index is 0.611. The second-order valence-electron chi connectivity index (χ2n) is 3.49. The number of hydrogen-bond acceptors (Lipinski definition) is 2. The molecular formula is C13H11AlO2. The Bertz CT molecular complexity index is 409. The van der Waals surface area contributed by atoms with Crippen molar-refractivity contribution in [2.45, 2.75) is 6.42 Å². The fourth-order valence-corrected chi connectivity index (χ4v) is 1.82. The van der Waals surface area contributed by atoms with Crippen molar-refractivity contribution in [2.24, 2.45) is 0 Å². The molecule has 0 fully saturated rings. The van der Waals surface area contributed by atoms with Crippen LogP contribution in [0.2, 0.25) is 0 Å². The molecule has 0 aliphatic carbocycles. The average Bonchev–Trinajstić information content (AvgIpc) is 2.38. The molecule has 2 aromatic carbocycles. The molecule has 1 aliphatic rings. The molecule has 0 unspecified atom stereocenters. The maximum Gasteiger partial charge on any atom is 0.130 e. The summed E-state index contributed by atoms with van der Waals surface area (Å²) in [7, 11) is 0. The van der Waals surface area contributed by atoms with Crippen LogP contribution in [0.3, 0.4) is 0 Å². The van der Waals surface area contributed by atoms with Crippen molar-refractivity contribution >= 4 is 16.2 Å². The van der Waals surface area contributed by atoms with Crippen LogP contribution in [0.4, 0.5) is 0 Å². The van der Waals surface area contributed by atoms with Crippen LogP contribution in [0.25, 0.3) is 0 Å². The maximum absolute atomic E-state index is 8.28. The summed E-state index contributed by atoms with van der Waals surface area (Å²) in [5.41, 5.74) is 2.54. The smallest absolute Gasteiger partial charge is 0.130 e. The molecular weight excluding hydrogens is 215 g/mol. The third kappa shape index (κ3) is 2.06. The Hall–Kier alpha value is -1.43. The largest absolute Gasteiger partial charge is 0.457 e. The van der Waals surface area contributed by atoms with Gasteiger partial charge in [-0.2, -0.15) is 0 Å². The number of fused-ring (bicyclic) bond motifs is 2. The average molecular weight is 226 g/mol. The number of ether oxygens (including phenoxy) is 1. The van der Waals surface area contributed by atoms with E-state index < -0.39 is 0 Å². The molecule has 3 heteroatoms. The summed E-state index contributed by atoms with van der Waals surface area (Å²) < 4.78 is 14.1. The predicted octanol–water partition coefficient (Wildman–Crippen LogP) is 2.62. The van der Waals surface area contributed by atoms with E-state index in [1.807, 2.05) is 24.3 Å². The van der Waals surface area contributed by atoms with Gasteiger partial charge in [-0.15, -0.1) is 0 Å². The van der Waals surface area contributed by atoms with E-state index in [-0.39, 0.29) is 0 Å². The van der Waals surface area contributed by atoms with Crippen LogP contribution >= 0.6 is 0 Å². The fourth-order valence-electron chi connectivity index (χ4n) is 1.82. The molecule has 78 valence electrons. The molecule has 0 N–H and O–H groups in total. The van der Waals surface area contributed by atoms with Crippen molar-refractivity contribution in [3.8, 4) is 11.5 Å². The molecule has 1 heterocycles. The topological polar surface area (TPSA) is 26.3 Å². The molecule has 0 bridgehead atoms. The zero-order chi connectivity index (χ0) is 11.4. The first-order valence-corrected chi connectivity index (χ1v) is 5.64. The molecule has 2 aromatic rings. The van der Waals surface area contributed by atoms with Gasteiger partial charge in [0.1, 0.15) is 11.5 Å². The van der Waals surface area contributed by atoms with E-state index in [1.165, 1.54) is 11.1 Å². The van der Waals surface area contributed by atoms with E-state index in [0.29, 0.717) is 16.2 Å². The van der Waals surface area contributed by atoms with Crippen molar-refractivity contribution in [3.05, 3.63) is 59.7 Å². The van der Waals surface area contributed by atoms with Gasteiger partial charge in [0.15, 0.2) is 0 Å². The Kier molecular flexibility index (Phi) is 3.51. The van der Waals surface area contributed by atoms with Crippen molar-refractivity contribution in [1.29, 1.82) is 0 Å². The van der Waals surface area contributed by atoms with Crippen molar-refractivity contribution in [1.82, 2.24) is 0 Å². The summed E-state index contributed by atoms with van der Waals surface area (Å²) in [6.45, 7) is 0. The Morgan fingerprint density at radius 1 is 0.812 bits per heavy atom. The van der Waals surface area contributed by atoms with Gasteiger partial charge in [0.05, 0.1) is 0 Å². The van der Waals surface area contributed by atoms with E-state index in [9.17, 15) is 0 Å². The molecule has 0 radical (unpaired) electrons. The van der Waals surface area contributed by atoms with Crippen molar-refractivity contribution < 1.29 is 8.54 Å². The van der Waals surface area contributed by atoms with Gasteiger partial charge in [-0.05, 0) is 23.3 Å². The van der Waals surface area contributed by atoms with Gasteiger partial charge in [0, 0.05) is 6.42 Å². The second-order valence-corrected chi connectivity index (χ2v) is 3.49. The summed E-state index contributed by atoms with van der Waals surface area (Å²) >= 11 is 0.611. The molecule has 2 nitrogen and oxygen atoms in total. The Balaban J connectivity index is 0.000000457. The summed E-state index contributed by atoms with van der Waals surface area (Å²) in [5.74, 6) is 1.98. The molecule has 1 aliphatic heterocycles. The first kappa shape index (κ1) is 11.1. The van der Waals surface area contributed by atoms with Crippen molar-refractivity contribution in [3.63, 3.8) is 0 Å². The standard InChI is InChI=1S/C13H10O.Al.O.H/c1-3-7-12-10(5-1)9-11-6-2-4-8-13(11)14-12;;;/h1-8H,9H2;;;. The SMILES string of the molecule is [O]=[AlH].c1ccc2c(c1)Cc1ccccc1O2.